The second-order valence-electron chi connectivity index (χ2n) is 24.3. The van der Waals surface area contributed by atoms with Crippen molar-refractivity contribution in [1.82, 2.24) is 47.9 Å². The lowest BCUT2D eigenvalue weighted by molar-refractivity contribution is -0.150. The van der Waals surface area contributed by atoms with E-state index in [4.69, 9.17) is 18.9 Å². The van der Waals surface area contributed by atoms with E-state index in [-0.39, 0.29) is 38.9 Å². The minimum absolute atomic E-state index is 0.00855. The summed E-state index contributed by atoms with van der Waals surface area (Å²) in [6, 6.07) is 0. The Morgan fingerprint density at radius 1 is 0.453 bits per heavy atom. The Hall–Kier alpha value is -6.10. The van der Waals surface area contributed by atoms with Gasteiger partial charge in [-0.05, 0) is 143 Å². The molecule has 0 aromatic heterocycles. The van der Waals surface area contributed by atoms with Gasteiger partial charge in [-0.15, -0.1) is 13.2 Å². The average molecular weight is 1060 g/mol. The summed E-state index contributed by atoms with van der Waals surface area (Å²) in [5, 5.41) is 24.1. The number of alkyl carbamates (subject to hydrolysis) is 1. The number of hydrogen-bond acceptors (Lipinski definition) is 14. The van der Waals surface area contributed by atoms with Crippen LogP contribution in [-0.4, -0.2) is 147 Å². The first-order valence-corrected chi connectivity index (χ1v) is 25.0. The molecular weight excluding hydrogens is 975 g/mol. The number of esters is 1. The molecule has 4 atom stereocenters. The highest BCUT2D eigenvalue weighted by molar-refractivity contribution is 6.03. The van der Waals surface area contributed by atoms with Crippen molar-refractivity contribution in [2.24, 2.45) is 0 Å². The second kappa shape index (κ2) is 23.8. The van der Waals surface area contributed by atoms with Gasteiger partial charge in [0, 0.05) is 12.8 Å². The highest BCUT2D eigenvalue weighted by atomic mass is 16.6. The quantitative estimate of drug-likeness (QED) is 0.0494. The minimum atomic E-state index is -1.74. The van der Waals surface area contributed by atoms with Gasteiger partial charge in [0.1, 0.15) is 55.5 Å². The van der Waals surface area contributed by atoms with Crippen molar-refractivity contribution in [2.75, 3.05) is 20.3 Å². The molecule has 0 aromatic carbocycles. The van der Waals surface area contributed by atoms with Crippen LogP contribution in [0, 0.1) is 0 Å². The van der Waals surface area contributed by atoms with Crippen LogP contribution in [0.4, 0.5) is 4.79 Å². The molecule has 0 aromatic rings. The van der Waals surface area contributed by atoms with E-state index in [0.717, 1.165) is 0 Å². The Balaban J connectivity index is 2.33. The fourth-order valence-corrected chi connectivity index (χ4v) is 7.97. The van der Waals surface area contributed by atoms with Crippen molar-refractivity contribution in [1.29, 1.82) is 0 Å². The average Bonchev–Trinajstić information content (AvgIpc) is 3.87. The highest BCUT2D eigenvalue weighted by Crippen LogP contribution is 2.35. The summed E-state index contributed by atoms with van der Waals surface area (Å²) >= 11 is 0. The summed E-state index contributed by atoms with van der Waals surface area (Å²) in [5.41, 5.74) is -15.6. The molecule has 75 heavy (non-hydrogen) atoms. The molecule has 23 heteroatoms. The molecule has 2 fully saturated rings. The van der Waals surface area contributed by atoms with Gasteiger partial charge in [-0.2, -0.15) is 0 Å². The summed E-state index contributed by atoms with van der Waals surface area (Å²) in [5.74, 6) is -6.83. The number of carbonyl (C=O) groups is 10. The molecule has 9 N–H and O–H groups in total. The van der Waals surface area contributed by atoms with Crippen molar-refractivity contribution in [3.8, 4) is 0 Å². The third kappa shape index (κ3) is 17.5. The lowest BCUT2D eigenvalue weighted by Gasteiger charge is -2.39. The third-order valence-corrected chi connectivity index (χ3v) is 12.9. The van der Waals surface area contributed by atoms with Crippen LogP contribution in [0.25, 0.3) is 0 Å². The number of nitrogens with one attached hydrogen (secondary N) is 9. The van der Waals surface area contributed by atoms with Crippen LogP contribution < -0.4 is 47.9 Å². The smallest absolute Gasteiger partial charge is 0.408 e. The molecule has 2 saturated carbocycles. The summed E-state index contributed by atoms with van der Waals surface area (Å²) in [6.07, 6.45) is 1.99. The SMILES string of the molecule is C=CCO[C@H]1CC[C@@](NC(=O)C(C)(C)NC(=O)C(C)(C)NC(=O)OC(C)(C)C)(C(=O)NC(C)(C)C(=O)NC(C)(C)C(=O)NC(C)(C)C(=O)N[C@]2(C(=O)NC(C)(C)C(=O)NC(C)(C)C(=O)OC)CC[C@H](OCC=C)C2)C1. The van der Waals surface area contributed by atoms with E-state index >= 15 is 0 Å². The maximum atomic E-state index is 14.5. The molecule has 0 aliphatic heterocycles. The van der Waals surface area contributed by atoms with Crippen molar-refractivity contribution in [2.45, 2.75) is 224 Å². The molecule has 9 amide bonds. The first kappa shape index (κ1) is 65.0. The number of hydrogen-bond donors (Lipinski definition) is 9. The number of ether oxygens (including phenoxy) is 4. The first-order valence-electron chi connectivity index (χ1n) is 25.0. The zero-order valence-electron chi connectivity index (χ0n) is 47.6. The lowest BCUT2D eigenvalue weighted by Crippen LogP contribution is -2.70. The fourth-order valence-electron chi connectivity index (χ4n) is 7.97. The summed E-state index contributed by atoms with van der Waals surface area (Å²) in [6.45, 7) is 32.5. The minimum Gasteiger partial charge on any atom is -0.467 e. The van der Waals surface area contributed by atoms with Crippen LogP contribution in [0.5, 0.6) is 0 Å². The van der Waals surface area contributed by atoms with Gasteiger partial charge < -0.3 is 66.8 Å². The number of carbonyl (C=O) groups excluding carboxylic acids is 10. The number of amides is 9. The predicted molar refractivity (Wildman–Crippen MR) is 278 cm³/mol. The fraction of sp³-hybridized carbons (Fsp3) is 0.731. The van der Waals surface area contributed by atoms with Gasteiger partial charge in [0.05, 0.1) is 32.5 Å². The van der Waals surface area contributed by atoms with Gasteiger partial charge in [0.2, 0.25) is 47.3 Å². The first-order chi connectivity index (χ1) is 33.9. The van der Waals surface area contributed by atoms with Crippen LogP contribution in [0.1, 0.15) is 156 Å². The lowest BCUT2D eigenvalue weighted by atomic mass is 9.90. The topological polar surface area (TPSA) is 316 Å². The molecular formula is C52H87N9O14. The predicted octanol–water partition coefficient (Wildman–Crippen LogP) is 2.05. The molecule has 2 aliphatic carbocycles. The van der Waals surface area contributed by atoms with E-state index in [0.29, 0.717) is 12.8 Å². The van der Waals surface area contributed by atoms with Gasteiger partial charge in [-0.3, -0.25) is 38.4 Å². The molecule has 0 heterocycles. The maximum Gasteiger partial charge on any atom is 0.408 e. The van der Waals surface area contributed by atoms with E-state index in [9.17, 15) is 47.9 Å². The zero-order chi connectivity index (χ0) is 58.2. The van der Waals surface area contributed by atoms with Crippen LogP contribution in [0.2, 0.25) is 0 Å². The van der Waals surface area contributed by atoms with Crippen molar-refractivity contribution < 1.29 is 66.9 Å². The number of methoxy groups -OCH3 is 1. The Labute approximate surface area is 442 Å². The highest BCUT2D eigenvalue weighted by Gasteiger charge is 2.53. The van der Waals surface area contributed by atoms with Crippen LogP contribution in [0.15, 0.2) is 25.3 Å². The van der Waals surface area contributed by atoms with Gasteiger partial charge in [-0.25, -0.2) is 9.59 Å². The summed E-state index contributed by atoms with van der Waals surface area (Å²) < 4.78 is 21.8. The molecule has 2 aliphatic rings. The number of rotatable bonds is 24. The van der Waals surface area contributed by atoms with Crippen molar-refractivity contribution >= 4 is 59.3 Å². The van der Waals surface area contributed by atoms with Crippen LogP contribution in [-0.2, 0) is 62.1 Å². The molecule has 0 unspecified atom stereocenters. The Bertz CT molecular complexity index is 2230. The molecule has 424 valence electrons. The summed E-state index contributed by atoms with van der Waals surface area (Å²) in [7, 11) is 1.17. The Morgan fingerprint density at radius 3 is 1.05 bits per heavy atom. The van der Waals surface area contributed by atoms with Crippen molar-refractivity contribution in [3.05, 3.63) is 25.3 Å². The van der Waals surface area contributed by atoms with Crippen LogP contribution in [0.3, 0.4) is 0 Å². The van der Waals surface area contributed by atoms with Gasteiger partial charge in [-0.1, -0.05) is 12.2 Å². The van der Waals surface area contributed by atoms with E-state index in [2.05, 4.69) is 61.0 Å². The van der Waals surface area contributed by atoms with Crippen molar-refractivity contribution in [3.63, 3.8) is 0 Å². The Morgan fingerprint density at radius 2 is 0.747 bits per heavy atom. The van der Waals surface area contributed by atoms with E-state index in [1.165, 1.54) is 116 Å². The molecule has 23 nitrogen and oxygen atoms in total. The third-order valence-electron chi connectivity index (χ3n) is 12.9. The molecule has 0 spiro atoms. The van der Waals surface area contributed by atoms with Crippen LogP contribution >= 0.6 is 0 Å². The Kier molecular flexibility index (Phi) is 20.7. The standard InChI is InChI=1S/C52H87N9O14/c1-21-27-73-31-23-25-51(29-31,60-38(67)48(14,15)55-36(65)49(16,17)61-42(71)75-43(3,4)5)39(68)57-45(8,9)34(63)53-44(6,7)33(62)54-47(12,13)37(66)59-52(26-24-32(30-52)74-28-22-2)40(69)58-46(10,11)35(64)56-50(18,19)41(70)72-20/h21-22,31-32H,1-2,23-30H2,3-20H3,(H,53,63)(H,54,62)(H,55,65)(H,56,64)(H,57,68)(H,58,69)(H,59,66)(H,60,67)(H,61,71)/t31-,32-,51-,52+/m0/s1. The molecule has 0 saturated heterocycles. The molecule has 0 bridgehead atoms. The normalized spacial score (nSPS) is 20.5. The van der Waals surface area contributed by atoms with E-state index in [1.54, 1.807) is 20.8 Å². The molecule has 2 rings (SSSR count). The molecule has 0 radical (unpaired) electrons. The largest absolute Gasteiger partial charge is 0.467 e. The second-order valence-corrected chi connectivity index (χ2v) is 24.3. The van der Waals surface area contributed by atoms with E-state index < -0.39 is 127 Å². The van der Waals surface area contributed by atoms with E-state index in [1.807, 2.05) is 0 Å². The maximum absolute atomic E-state index is 14.5. The van der Waals surface area contributed by atoms with Gasteiger partial charge >= 0.3 is 12.1 Å². The van der Waals surface area contributed by atoms with Gasteiger partial charge in [0.25, 0.3) is 0 Å². The zero-order valence-corrected chi connectivity index (χ0v) is 47.6. The summed E-state index contributed by atoms with van der Waals surface area (Å²) in [4.78, 5) is 137. The van der Waals surface area contributed by atoms with Gasteiger partial charge in [0.15, 0.2) is 0 Å². The monoisotopic (exact) mass is 1060 g/mol.